The maximum absolute atomic E-state index is 6.15. The van der Waals surface area contributed by atoms with Gasteiger partial charge in [-0.05, 0) is 50.8 Å². The van der Waals surface area contributed by atoms with Crippen molar-refractivity contribution >= 4 is 5.65 Å². The Morgan fingerprint density at radius 3 is 2.81 bits per heavy atom. The van der Waals surface area contributed by atoms with Crippen molar-refractivity contribution in [3.63, 3.8) is 0 Å². The summed E-state index contributed by atoms with van der Waals surface area (Å²) in [6, 6.07) is 6.11. The van der Waals surface area contributed by atoms with E-state index in [-0.39, 0.29) is 5.54 Å². The lowest BCUT2D eigenvalue weighted by Crippen LogP contribution is -2.53. The minimum absolute atomic E-state index is 0.155. The van der Waals surface area contributed by atoms with Crippen LogP contribution in [0.5, 0.6) is 0 Å². The van der Waals surface area contributed by atoms with Crippen molar-refractivity contribution in [3.05, 3.63) is 36.3 Å². The van der Waals surface area contributed by atoms with Crippen molar-refractivity contribution in [2.75, 3.05) is 13.6 Å². The van der Waals surface area contributed by atoms with E-state index in [0.717, 1.165) is 30.3 Å². The van der Waals surface area contributed by atoms with Crippen LogP contribution in [0.4, 0.5) is 0 Å². The monoisotopic (exact) mass is 286 g/mol. The molecule has 0 saturated heterocycles. The zero-order chi connectivity index (χ0) is 14.9. The molecule has 2 aromatic heterocycles. The Morgan fingerprint density at radius 1 is 1.38 bits per heavy atom. The van der Waals surface area contributed by atoms with Crippen molar-refractivity contribution in [1.82, 2.24) is 14.3 Å². The normalized spacial score (nSPS) is 26.6. The summed E-state index contributed by atoms with van der Waals surface area (Å²) in [5, 5.41) is 0. The lowest BCUT2D eigenvalue weighted by Gasteiger charge is -2.45. The largest absolute Gasteiger partial charge is 0.329 e. The van der Waals surface area contributed by atoms with Gasteiger partial charge in [-0.2, -0.15) is 0 Å². The van der Waals surface area contributed by atoms with E-state index in [9.17, 15) is 0 Å². The molecule has 3 rings (SSSR count). The van der Waals surface area contributed by atoms with Gasteiger partial charge in [0.25, 0.3) is 0 Å². The highest BCUT2D eigenvalue weighted by atomic mass is 15.2. The van der Waals surface area contributed by atoms with E-state index in [0.29, 0.717) is 0 Å². The van der Waals surface area contributed by atoms with Crippen molar-refractivity contribution in [2.45, 2.75) is 44.7 Å². The van der Waals surface area contributed by atoms with Gasteiger partial charge in [-0.15, -0.1) is 0 Å². The fourth-order valence-electron chi connectivity index (χ4n) is 3.52. The number of hydrogen-bond donors (Lipinski definition) is 1. The average Bonchev–Trinajstić information content (AvgIpc) is 2.90. The Kier molecular flexibility index (Phi) is 4.00. The van der Waals surface area contributed by atoms with Gasteiger partial charge in [0.1, 0.15) is 5.65 Å². The number of nitrogens with zero attached hydrogens (tertiary/aromatic N) is 3. The topological polar surface area (TPSA) is 46.6 Å². The highest BCUT2D eigenvalue weighted by Crippen LogP contribution is 2.35. The van der Waals surface area contributed by atoms with E-state index in [1.165, 1.54) is 25.7 Å². The molecule has 0 bridgehead atoms. The Morgan fingerprint density at radius 2 is 2.14 bits per heavy atom. The highest BCUT2D eigenvalue weighted by Gasteiger charge is 2.36. The van der Waals surface area contributed by atoms with Crippen LogP contribution in [0.3, 0.4) is 0 Å². The summed E-state index contributed by atoms with van der Waals surface area (Å²) in [6.45, 7) is 3.96. The molecule has 2 aromatic rings. The molecule has 114 valence electrons. The van der Waals surface area contributed by atoms with Crippen molar-refractivity contribution in [3.8, 4) is 0 Å². The van der Waals surface area contributed by atoms with Crippen LogP contribution in [0, 0.1) is 5.92 Å². The maximum Gasteiger partial charge on any atom is 0.137 e. The van der Waals surface area contributed by atoms with Gasteiger partial charge in [-0.1, -0.05) is 13.0 Å². The first-order valence-corrected chi connectivity index (χ1v) is 7.97. The Balaban J connectivity index is 1.76. The van der Waals surface area contributed by atoms with Gasteiger partial charge in [-0.3, -0.25) is 4.90 Å². The zero-order valence-corrected chi connectivity index (χ0v) is 13.1. The summed E-state index contributed by atoms with van der Waals surface area (Å²) in [5.41, 5.74) is 8.44. The molecule has 0 amide bonds. The van der Waals surface area contributed by atoms with Gasteiger partial charge >= 0.3 is 0 Å². The third-order valence-corrected chi connectivity index (χ3v) is 5.21. The van der Waals surface area contributed by atoms with Crippen LogP contribution < -0.4 is 5.73 Å². The van der Waals surface area contributed by atoms with Gasteiger partial charge in [-0.25, -0.2) is 4.98 Å². The van der Waals surface area contributed by atoms with Crippen molar-refractivity contribution in [2.24, 2.45) is 11.7 Å². The lowest BCUT2D eigenvalue weighted by atomic mass is 9.76. The third kappa shape index (κ3) is 2.83. The van der Waals surface area contributed by atoms with E-state index in [1.54, 1.807) is 0 Å². The SMILES string of the molecule is CC1CCC(CN)(N(C)Cc2cn3ccccc3n2)CC1. The summed E-state index contributed by atoms with van der Waals surface area (Å²) in [5.74, 6) is 0.841. The maximum atomic E-state index is 6.15. The number of hydrogen-bond acceptors (Lipinski definition) is 3. The van der Waals surface area contributed by atoms with Crippen LogP contribution in [0.15, 0.2) is 30.6 Å². The van der Waals surface area contributed by atoms with E-state index in [4.69, 9.17) is 10.7 Å². The Bertz CT molecular complexity index is 563. The van der Waals surface area contributed by atoms with E-state index >= 15 is 0 Å². The van der Waals surface area contributed by atoms with Crippen LogP contribution in [-0.4, -0.2) is 33.4 Å². The number of aromatic nitrogens is 2. The van der Waals surface area contributed by atoms with Crippen LogP contribution in [0.1, 0.15) is 38.3 Å². The second kappa shape index (κ2) is 5.78. The minimum Gasteiger partial charge on any atom is -0.329 e. The number of imidazole rings is 1. The molecule has 0 aromatic carbocycles. The summed E-state index contributed by atoms with van der Waals surface area (Å²) in [7, 11) is 2.20. The summed E-state index contributed by atoms with van der Waals surface area (Å²) >= 11 is 0. The van der Waals surface area contributed by atoms with Gasteiger partial charge in [0.05, 0.1) is 5.69 Å². The molecule has 1 fully saturated rings. The molecule has 0 unspecified atom stereocenters. The predicted octanol–water partition coefficient (Wildman–Crippen LogP) is 2.67. The fourth-order valence-corrected chi connectivity index (χ4v) is 3.52. The first-order valence-electron chi connectivity index (χ1n) is 7.97. The molecular weight excluding hydrogens is 260 g/mol. The summed E-state index contributed by atoms with van der Waals surface area (Å²) < 4.78 is 2.08. The fraction of sp³-hybridized carbons (Fsp3) is 0.588. The molecule has 1 aliphatic carbocycles. The van der Waals surface area contributed by atoms with Crippen molar-refractivity contribution in [1.29, 1.82) is 0 Å². The molecule has 2 heterocycles. The minimum atomic E-state index is 0.155. The number of fused-ring (bicyclic) bond motifs is 1. The van der Waals surface area contributed by atoms with Crippen LogP contribution in [-0.2, 0) is 6.54 Å². The zero-order valence-electron chi connectivity index (χ0n) is 13.1. The third-order valence-electron chi connectivity index (χ3n) is 5.21. The molecule has 0 spiro atoms. The standard InChI is InChI=1S/C17H26N4/c1-14-6-8-17(13-18,9-7-14)20(2)11-15-12-21-10-4-3-5-16(21)19-15/h3-5,10,12,14H,6-9,11,13,18H2,1-2H3. The second-order valence-electron chi connectivity index (χ2n) is 6.67. The van der Waals surface area contributed by atoms with Crippen molar-refractivity contribution < 1.29 is 0 Å². The molecule has 4 heteroatoms. The number of likely N-dealkylation sites (N-methyl/N-ethyl adjacent to an activating group) is 1. The number of pyridine rings is 1. The highest BCUT2D eigenvalue weighted by molar-refractivity contribution is 5.39. The summed E-state index contributed by atoms with van der Waals surface area (Å²) in [6.07, 6.45) is 9.15. The lowest BCUT2D eigenvalue weighted by molar-refractivity contribution is 0.0607. The number of nitrogens with two attached hydrogens (primary N) is 1. The van der Waals surface area contributed by atoms with Crippen LogP contribution in [0.25, 0.3) is 5.65 Å². The molecule has 0 radical (unpaired) electrons. The predicted molar refractivity (Wildman–Crippen MR) is 86.1 cm³/mol. The quantitative estimate of drug-likeness (QED) is 0.940. The Labute approximate surface area is 127 Å². The van der Waals surface area contributed by atoms with E-state index in [2.05, 4.69) is 29.5 Å². The molecule has 1 aliphatic rings. The smallest absolute Gasteiger partial charge is 0.137 e. The first-order chi connectivity index (χ1) is 10.1. The second-order valence-corrected chi connectivity index (χ2v) is 6.67. The van der Waals surface area contributed by atoms with Crippen LogP contribution >= 0.6 is 0 Å². The molecule has 2 N–H and O–H groups in total. The molecule has 4 nitrogen and oxygen atoms in total. The molecular formula is C17H26N4. The Hall–Kier alpha value is -1.39. The average molecular weight is 286 g/mol. The van der Waals surface area contributed by atoms with Gasteiger partial charge in [0.2, 0.25) is 0 Å². The van der Waals surface area contributed by atoms with Gasteiger partial charge in [0.15, 0.2) is 0 Å². The van der Waals surface area contributed by atoms with E-state index in [1.807, 2.05) is 24.4 Å². The molecule has 21 heavy (non-hydrogen) atoms. The van der Waals surface area contributed by atoms with E-state index < -0.39 is 0 Å². The van der Waals surface area contributed by atoms with Crippen LogP contribution in [0.2, 0.25) is 0 Å². The summed E-state index contributed by atoms with van der Waals surface area (Å²) in [4.78, 5) is 7.14. The molecule has 1 saturated carbocycles. The number of rotatable bonds is 4. The van der Waals surface area contributed by atoms with Gasteiger partial charge < -0.3 is 10.1 Å². The first kappa shape index (κ1) is 14.5. The molecule has 0 atom stereocenters. The molecule has 0 aliphatic heterocycles. The van der Waals surface area contributed by atoms with Gasteiger partial charge in [0, 0.05) is 31.0 Å².